The van der Waals surface area contributed by atoms with Crippen molar-refractivity contribution in [1.82, 2.24) is 0 Å². The maximum absolute atomic E-state index is 6.17. The molecular weight excluding hydrogens is 202 g/mol. The molecule has 1 aliphatic heterocycles. The van der Waals surface area contributed by atoms with Gasteiger partial charge in [0.15, 0.2) is 0 Å². The summed E-state index contributed by atoms with van der Waals surface area (Å²) in [7, 11) is 1.66. The molecule has 0 saturated carbocycles. The van der Waals surface area contributed by atoms with Gasteiger partial charge in [-0.1, -0.05) is 12.1 Å². The fourth-order valence-electron chi connectivity index (χ4n) is 1.84. The minimum Gasteiger partial charge on any atom is -0.501 e. The van der Waals surface area contributed by atoms with Crippen LogP contribution in [0.5, 0.6) is 5.75 Å². The molecule has 0 aromatic heterocycles. The van der Waals surface area contributed by atoms with Gasteiger partial charge in [0.05, 0.1) is 26.0 Å². The lowest BCUT2D eigenvalue weighted by Crippen LogP contribution is -2.16. The second-order valence-corrected chi connectivity index (χ2v) is 3.92. The Kier molecular flexibility index (Phi) is 3.47. The molecule has 1 aromatic rings. The maximum Gasteiger partial charge on any atom is 0.118 e. The van der Waals surface area contributed by atoms with Crippen molar-refractivity contribution in [2.24, 2.45) is 5.73 Å². The van der Waals surface area contributed by atoms with Crippen LogP contribution in [0.15, 0.2) is 36.1 Å². The van der Waals surface area contributed by atoms with Gasteiger partial charge >= 0.3 is 0 Å². The quantitative estimate of drug-likeness (QED) is 0.849. The van der Waals surface area contributed by atoms with Gasteiger partial charge in [0.1, 0.15) is 5.75 Å². The largest absolute Gasteiger partial charge is 0.501 e. The Morgan fingerprint density at radius 1 is 1.31 bits per heavy atom. The van der Waals surface area contributed by atoms with Gasteiger partial charge in [-0.15, -0.1) is 0 Å². The molecule has 16 heavy (non-hydrogen) atoms. The molecule has 0 bridgehead atoms. The zero-order valence-electron chi connectivity index (χ0n) is 9.48. The summed E-state index contributed by atoms with van der Waals surface area (Å²) in [6.07, 6.45) is 3.88. The summed E-state index contributed by atoms with van der Waals surface area (Å²) in [6.45, 7) is 0.804. The van der Waals surface area contributed by atoms with Gasteiger partial charge in [-0.3, -0.25) is 0 Å². The van der Waals surface area contributed by atoms with Crippen LogP contribution >= 0.6 is 0 Å². The Bertz CT molecular complexity index is 370. The van der Waals surface area contributed by atoms with Crippen molar-refractivity contribution < 1.29 is 9.47 Å². The van der Waals surface area contributed by atoms with Crippen molar-refractivity contribution in [3.63, 3.8) is 0 Å². The van der Waals surface area contributed by atoms with Crippen LogP contribution in [0.4, 0.5) is 0 Å². The van der Waals surface area contributed by atoms with Gasteiger partial charge in [0, 0.05) is 0 Å². The van der Waals surface area contributed by atoms with E-state index in [9.17, 15) is 0 Å². The number of methoxy groups -OCH3 is 1. The predicted molar refractivity (Wildman–Crippen MR) is 63.2 cm³/mol. The molecule has 0 saturated heterocycles. The number of nitrogens with two attached hydrogens (primary N) is 1. The van der Waals surface area contributed by atoms with Crippen LogP contribution < -0.4 is 10.5 Å². The summed E-state index contributed by atoms with van der Waals surface area (Å²) in [5.41, 5.74) is 8.43. The number of hydrogen-bond donors (Lipinski definition) is 1. The van der Waals surface area contributed by atoms with Crippen LogP contribution in [0.2, 0.25) is 0 Å². The molecule has 2 rings (SSSR count). The van der Waals surface area contributed by atoms with Crippen LogP contribution in [-0.2, 0) is 4.74 Å². The zero-order valence-corrected chi connectivity index (χ0v) is 9.48. The molecule has 0 amide bonds. The lowest BCUT2D eigenvalue weighted by atomic mass is 9.96. The van der Waals surface area contributed by atoms with E-state index in [0.717, 1.165) is 36.3 Å². The Hall–Kier alpha value is -1.48. The van der Waals surface area contributed by atoms with E-state index in [1.165, 1.54) is 0 Å². The molecule has 1 aliphatic rings. The molecular formula is C13H17NO2. The Morgan fingerprint density at radius 2 is 2.06 bits per heavy atom. The van der Waals surface area contributed by atoms with Crippen molar-refractivity contribution in [3.05, 3.63) is 41.7 Å². The topological polar surface area (TPSA) is 44.5 Å². The molecule has 1 aromatic carbocycles. The number of ether oxygens (including phenoxy) is 2. The monoisotopic (exact) mass is 219 g/mol. The highest BCUT2D eigenvalue weighted by Gasteiger charge is 2.14. The third-order valence-electron chi connectivity index (χ3n) is 2.84. The van der Waals surface area contributed by atoms with Crippen LogP contribution in [0.3, 0.4) is 0 Å². The van der Waals surface area contributed by atoms with Crippen LogP contribution in [0.1, 0.15) is 24.4 Å². The summed E-state index contributed by atoms with van der Waals surface area (Å²) < 4.78 is 10.4. The molecule has 2 N–H and O–H groups in total. The Balaban J connectivity index is 2.13. The second-order valence-electron chi connectivity index (χ2n) is 3.92. The first-order valence-electron chi connectivity index (χ1n) is 5.51. The molecule has 0 spiro atoms. The van der Waals surface area contributed by atoms with Crippen molar-refractivity contribution in [3.8, 4) is 5.75 Å². The van der Waals surface area contributed by atoms with E-state index in [-0.39, 0.29) is 6.04 Å². The molecule has 0 radical (unpaired) electrons. The standard InChI is InChI=1S/C13H17NO2/c1-15-12-6-4-10(5-7-12)13(14)11-3-2-8-16-9-11/h4-7,9,13H,2-3,8,14H2,1H3. The highest BCUT2D eigenvalue weighted by molar-refractivity contribution is 5.33. The minimum atomic E-state index is -0.0637. The third-order valence-corrected chi connectivity index (χ3v) is 2.84. The molecule has 1 atom stereocenters. The van der Waals surface area contributed by atoms with E-state index >= 15 is 0 Å². The summed E-state index contributed by atoms with van der Waals surface area (Å²) in [4.78, 5) is 0. The van der Waals surface area contributed by atoms with E-state index in [4.69, 9.17) is 15.2 Å². The zero-order chi connectivity index (χ0) is 11.4. The van der Waals surface area contributed by atoms with Crippen molar-refractivity contribution in [1.29, 1.82) is 0 Å². The first-order valence-corrected chi connectivity index (χ1v) is 5.51. The number of rotatable bonds is 3. The van der Waals surface area contributed by atoms with Gasteiger partial charge < -0.3 is 15.2 Å². The van der Waals surface area contributed by atoms with Crippen LogP contribution in [-0.4, -0.2) is 13.7 Å². The Morgan fingerprint density at radius 3 is 2.62 bits per heavy atom. The Labute approximate surface area is 95.9 Å². The summed E-state index contributed by atoms with van der Waals surface area (Å²) >= 11 is 0. The fourth-order valence-corrected chi connectivity index (χ4v) is 1.84. The first-order chi connectivity index (χ1) is 7.81. The van der Waals surface area contributed by atoms with Gasteiger partial charge in [-0.25, -0.2) is 0 Å². The first kappa shape index (κ1) is 11.0. The smallest absolute Gasteiger partial charge is 0.118 e. The third kappa shape index (κ3) is 2.36. The molecule has 86 valence electrons. The van der Waals surface area contributed by atoms with E-state index in [1.807, 2.05) is 24.3 Å². The highest BCUT2D eigenvalue weighted by atomic mass is 16.5. The summed E-state index contributed by atoms with van der Waals surface area (Å²) in [6, 6.07) is 7.79. The molecule has 1 heterocycles. The van der Waals surface area contributed by atoms with Gasteiger partial charge in [0.2, 0.25) is 0 Å². The molecule has 3 heteroatoms. The van der Waals surface area contributed by atoms with Gasteiger partial charge in [-0.05, 0) is 36.1 Å². The van der Waals surface area contributed by atoms with Crippen molar-refractivity contribution in [2.45, 2.75) is 18.9 Å². The SMILES string of the molecule is COc1ccc(C(N)C2=COCCC2)cc1. The second kappa shape index (κ2) is 5.03. The number of hydrogen-bond acceptors (Lipinski definition) is 3. The van der Waals surface area contributed by atoms with E-state index in [0.29, 0.717) is 0 Å². The minimum absolute atomic E-state index is 0.0637. The van der Waals surface area contributed by atoms with E-state index in [1.54, 1.807) is 13.4 Å². The van der Waals surface area contributed by atoms with E-state index in [2.05, 4.69) is 0 Å². The average molecular weight is 219 g/mol. The van der Waals surface area contributed by atoms with Crippen molar-refractivity contribution in [2.75, 3.05) is 13.7 Å². The van der Waals surface area contributed by atoms with Crippen molar-refractivity contribution >= 4 is 0 Å². The van der Waals surface area contributed by atoms with Crippen LogP contribution in [0.25, 0.3) is 0 Å². The highest BCUT2D eigenvalue weighted by Crippen LogP contribution is 2.26. The summed E-state index contributed by atoms with van der Waals surface area (Å²) in [5.74, 6) is 0.852. The maximum atomic E-state index is 6.17. The summed E-state index contributed by atoms with van der Waals surface area (Å²) in [5, 5.41) is 0. The lowest BCUT2D eigenvalue weighted by Gasteiger charge is -2.20. The van der Waals surface area contributed by atoms with Gasteiger partial charge in [-0.2, -0.15) is 0 Å². The predicted octanol–water partition coefficient (Wildman–Crippen LogP) is 2.39. The molecule has 0 aliphatic carbocycles. The molecule has 3 nitrogen and oxygen atoms in total. The number of benzene rings is 1. The fraction of sp³-hybridized carbons (Fsp3) is 0.385. The van der Waals surface area contributed by atoms with E-state index < -0.39 is 0 Å². The molecule has 1 unspecified atom stereocenters. The molecule has 0 fully saturated rings. The van der Waals surface area contributed by atoms with Crippen LogP contribution in [0, 0.1) is 0 Å². The van der Waals surface area contributed by atoms with Gasteiger partial charge in [0.25, 0.3) is 0 Å². The lowest BCUT2D eigenvalue weighted by molar-refractivity contribution is 0.221. The normalized spacial score (nSPS) is 17.2. The average Bonchev–Trinajstić information content (AvgIpc) is 2.39.